The second-order valence-corrected chi connectivity index (χ2v) is 8.60. The number of hydrogen-bond acceptors (Lipinski definition) is 5. The molecule has 0 aromatic carbocycles. The van der Waals surface area contributed by atoms with Crippen molar-refractivity contribution in [3.63, 3.8) is 0 Å². The lowest BCUT2D eigenvalue weighted by molar-refractivity contribution is -0.141. The van der Waals surface area contributed by atoms with Crippen LogP contribution in [0.3, 0.4) is 0 Å². The standard InChI is InChI=1S/C14H18F3N5O2S/c1-13(2)8-20(4-5-22(13)25(3,23)24)12-19-11(14(15,16)17)6-10-7-18-9-21(10)12/h6-7,9H,4-5,8H2,1-3H3. The third-order valence-corrected chi connectivity index (χ3v) is 5.66. The van der Waals surface area contributed by atoms with E-state index in [0.29, 0.717) is 0 Å². The van der Waals surface area contributed by atoms with Crippen molar-refractivity contribution in [2.24, 2.45) is 0 Å². The Morgan fingerprint density at radius 1 is 1.24 bits per heavy atom. The van der Waals surface area contributed by atoms with Crippen molar-refractivity contribution in [3.05, 3.63) is 24.3 Å². The molecule has 0 amide bonds. The number of alkyl halides is 3. The van der Waals surface area contributed by atoms with Crippen molar-refractivity contribution in [1.29, 1.82) is 0 Å². The van der Waals surface area contributed by atoms with Crippen LogP contribution in [0.1, 0.15) is 19.5 Å². The van der Waals surface area contributed by atoms with Gasteiger partial charge >= 0.3 is 6.18 Å². The van der Waals surface area contributed by atoms with Crippen molar-refractivity contribution in [3.8, 4) is 0 Å². The van der Waals surface area contributed by atoms with E-state index in [2.05, 4.69) is 9.97 Å². The highest BCUT2D eigenvalue weighted by Gasteiger charge is 2.41. The predicted octanol–water partition coefficient (Wildman–Crippen LogP) is 1.61. The van der Waals surface area contributed by atoms with Gasteiger partial charge in [-0.05, 0) is 19.9 Å². The highest BCUT2D eigenvalue weighted by Crippen LogP contribution is 2.32. The van der Waals surface area contributed by atoms with Crippen LogP contribution in [-0.2, 0) is 16.2 Å². The van der Waals surface area contributed by atoms with E-state index in [1.54, 1.807) is 18.7 Å². The number of halogens is 3. The minimum absolute atomic E-state index is 0.101. The minimum atomic E-state index is -4.58. The smallest absolute Gasteiger partial charge is 0.339 e. The van der Waals surface area contributed by atoms with Gasteiger partial charge in [-0.3, -0.25) is 4.40 Å². The van der Waals surface area contributed by atoms with E-state index < -0.39 is 27.4 Å². The highest BCUT2D eigenvalue weighted by molar-refractivity contribution is 7.88. The maximum absolute atomic E-state index is 13.1. The fourth-order valence-corrected chi connectivity index (χ4v) is 4.57. The average molecular weight is 377 g/mol. The van der Waals surface area contributed by atoms with Crippen LogP contribution in [0, 0.1) is 0 Å². The van der Waals surface area contributed by atoms with E-state index in [0.717, 1.165) is 12.3 Å². The zero-order chi connectivity index (χ0) is 18.6. The highest BCUT2D eigenvalue weighted by atomic mass is 32.2. The van der Waals surface area contributed by atoms with Crippen LogP contribution in [0.4, 0.5) is 19.1 Å². The van der Waals surface area contributed by atoms with Gasteiger partial charge in [0.2, 0.25) is 16.0 Å². The summed E-state index contributed by atoms with van der Waals surface area (Å²) in [6.45, 7) is 4.08. The topological polar surface area (TPSA) is 70.8 Å². The normalized spacial score (nSPS) is 19.5. The molecule has 1 saturated heterocycles. The Morgan fingerprint density at radius 2 is 1.92 bits per heavy atom. The SMILES string of the molecule is CC1(C)CN(c2nc(C(F)(F)F)cc3cncn23)CCN1S(C)(=O)=O. The van der Waals surface area contributed by atoms with Gasteiger partial charge in [0.25, 0.3) is 0 Å². The number of aromatic nitrogens is 3. The first-order chi connectivity index (χ1) is 11.4. The summed E-state index contributed by atoms with van der Waals surface area (Å²) < 4.78 is 66.1. The van der Waals surface area contributed by atoms with E-state index in [4.69, 9.17) is 0 Å². The van der Waals surface area contributed by atoms with Crippen molar-refractivity contribution in [2.75, 3.05) is 30.8 Å². The van der Waals surface area contributed by atoms with Crippen LogP contribution in [0.2, 0.25) is 0 Å². The molecule has 0 radical (unpaired) electrons. The van der Waals surface area contributed by atoms with Gasteiger partial charge in [0, 0.05) is 25.2 Å². The zero-order valence-electron chi connectivity index (χ0n) is 13.9. The summed E-state index contributed by atoms with van der Waals surface area (Å²) in [7, 11) is -3.42. The summed E-state index contributed by atoms with van der Waals surface area (Å²) in [4.78, 5) is 9.33. The lowest BCUT2D eigenvalue weighted by Crippen LogP contribution is -2.61. The molecule has 2 aromatic heterocycles. The zero-order valence-corrected chi connectivity index (χ0v) is 14.8. The number of fused-ring (bicyclic) bond motifs is 1. The molecule has 2 aromatic rings. The molecular weight excluding hydrogens is 359 g/mol. The number of anilines is 1. The molecule has 0 bridgehead atoms. The summed E-state index contributed by atoms with van der Waals surface area (Å²) >= 11 is 0. The monoisotopic (exact) mass is 377 g/mol. The van der Waals surface area contributed by atoms with Crippen molar-refractivity contribution < 1.29 is 21.6 Å². The number of hydrogen-bond donors (Lipinski definition) is 0. The molecule has 1 aliphatic rings. The molecule has 0 spiro atoms. The van der Waals surface area contributed by atoms with Gasteiger partial charge in [0.15, 0.2) is 5.69 Å². The maximum Gasteiger partial charge on any atom is 0.433 e. The molecule has 0 aliphatic carbocycles. The lowest BCUT2D eigenvalue weighted by atomic mass is 10.0. The lowest BCUT2D eigenvalue weighted by Gasteiger charge is -2.45. The van der Waals surface area contributed by atoms with Gasteiger partial charge in [-0.15, -0.1) is 0 Å². The Labute approximate surface area is 143 Å². The Kier molecular flexibility index (Phi) is 3.99. The van der Waals surface area contributed by atoms with Gasteiger partial charge in [-0.2, -0.15) is 17.5 Å². The number of nitrogens with zero attached hydrogens (tertiary/aromatic N) is 5. The molecule has 1 aliphatic heterocycles. The molecule has 11 heteroatoms. The summed E-state index contributed by atoms with van der Waals surface area (Å²) in [5, 5.41) is 0. The third kappa shape index (κ3) is 3.30. The van der Waals surface area contributed by atoms with Gasteiger partial charge in [-0.1, -0.05) is 0 Å². The minimum Gasteiger partial charge on any atom is -0.339 e. The van der Waals surface area contributed by atoms with Crippen LogP contribution >= 0.6 is 0 Å². The molecule has 3 rings (SSSR count). The largest absolute Gasteiger partial charge is 0.433 e. The first-order valence-corrected chi connectivity index (χ1v) is 9.37. The Morgan fingerprint density at radius 3 is 2.48 bits per heavy atom. The van der Waals surface area contributed by atoms with E-state index in [1.165, 1.54) is 21.2 Å². The van der Waals surface area contributed by atoms with Crippen LogP contribution in [0.5, 0.6) is 0 Å². The predicted molar refractivity (Wildman–Crippen MR) is 85.8 cm³/mol. The van der Waals surface area contributed by atoms with Gasteiger partial charge in [0.05, 0.1) is 18.0 Å². The molecule has 0 unspecified atom stereocenters. The van der Waals surface area contributed by atoms with Crippen LogP contribution in [0.25, 0.3) is 5.52 Å². The molecular formula is C14H18F3N5O2S. The van der Waals surface area contributed by atoms with Gasteiger partial charge < -0.3 is 4.90 Å². The second-order valence-electron chi connectivity index (χ2n) is 6.70. The molecule has 7 nitrogen and oxygen atoms in total. The molecule has 25 heavy (non-hydrogen) atoms. The molecule has 0 saturated carbocycles. The van der Waals surface area contributed by atoms with Gasteiger partial charge in [-0.25, -0.2) is 18.4 Å². The van der Waals surface area contributed by atoms with E-state index in [-0.39, 0.29) is 31.1 Å². The Hall–Kier alpha value is -1.88. The first-order valence-electron chi connectivity index (χ1n) is 7.53. The quantitative estimate of drug-likeness (QED) is 0.795. The number of imidazole rings is 1. The molecule has 0 N–H and O–H groups in total. The summed E-state index contributed by atoms with van der Waals surface area (Å²) in [5.41, 5.74) is -1.51. The van der Waals surface area contributed by atoms with E-state index in [9.17, 15) is 21.6 Å². The maximum atomic E-state index is 13.1. The average Bonchev–Trinajstić information content (AvgIpc) is 2.90. The molecule has 138 valence electrons. The number of rotatable bonds is 2. The van der Waals surface area contributed by atoms with Crippen molar-refractivity contribution in [1.82, 2.24) is 18.7 Å². The molecule has 3 heterocycles. The summed E-state index contributed by atoms with van der Waals surface area (Å²) in [6, 6.07) is 0.939. The summed E-state index contributed by atoms with van der Waals surface area (Å²) in [6.07, 6.45) is -0.724. The third-order valence-electron chi connectivity index (χ3n) is 4.19. The summed E-state index contributed by atoms with van der Waals surface area (Å²) in [5.74, 6) is 0.101. The molecule has 0 atom stereocenters. The van der Waals surface area contributed by atoms with Crippen LogP contribution in [0.15, 0.2) is 18.6 Å². The van der Waals surface area contributed by atoms with E-state index in [1.807, 2.05) is 0 Å². The van der Waals surface area contributed by atoms with Crippen LogP contribution in [-0.4, -0.2) is 58.5 Å². The van der Waals surface area contributed by atoms with Gasteiger partial charge in [0.1, 0.15) is 6.33 Å². The first kappa shape index (κ1) is 17.9. The Bertz CT molecular complexity index is 907. The fraction of sp³-hybridized carbons (Fsp3) is 0.571. The van der Waals surface area contributed by atoms with E-state index >= 15 is 0 Å². The number of piperazine rings is 1. The number of sulfonamides is 1. The Balaban J connectivity index is 2.04. The van der Waals surface area contributed by atoms with Crippen molar-refractivity contribution >= 4 is 21.5 Å². The van der Waals surface area contributed by atoms with Crippen molar-refractivity contribution in [2.45, 2.75) is 25.6 Å². The van der Waals surface area contributed by atoms with Crippen LogP contribution < -0.4 is 4.90 Å². The molecule has 1 fully saturated rings. The fourth-order valence-electron chi connectivity index (χ4n) is 3.21. The second kappa shape index (κ2) is 5.56.